The highest BCUT2D eigenvalue weighted by atomic mass is 16.5. The highest BCUT2D eigenvalue weighted by Gasteiger charge is 2.28. The van der Waals surface area contributed by atoms with E-state index in [1.54, 1.807) is 0 Å². The summed E-state index contributed by atoms with van der Waals surface area (Å²) >= 11 is 0. The first-order chi connectivity index (χ1) is 8.88. The van der Waals surface area contributed by atoms with Crippen LogP contribution < -0.4 is 5.73 Å². The molecule has 0 heterocycles. The molecule has 2 aliphatic rings. The number of ether oxygens (including phenoxy) is 1. The Hall–Kier alpha value is -0.860. The van der Waals surface area contributed by atoms with Gasteiger partial charge in [-0.05, 0) is 48.8 Å². The van der Waals surface area contributed by atoms with Crippen LogP contribution in [-0.4, -0.2) is 19.8 Å². The van der Waals surface area contributed by atoms with E-state index in [-0.39, 0.29) is 0 Å². The Morgan fingerprint density at radius 1 is 1.11 bits per heavy atom. The van der Waals surface area contributed by atoms with E-state index in [0.717, 1.165) is 19.8 Å². The summed E-state index contributed by atoms with van der Waals surface area (Å²) in [5.74, 6) is 2.06. The predicted octanol–water partition coefficient (Wildman–Crippen LogP) is 2.72. The van der Waals surface area contributed by atoms with Gasteiger partial charge in [0.2, 0.25) is 0 Å². The second-order valence-corrected chi connectivity index (χ2v) is 5.82. The van der Waals surface area contributed by atoms with E-state index in [1.807, 2.05) is 0 Å². The molecule has 18 heavy (non-hydrogen) atoms. The normalized spacial score (nSPS) is 29.9. The van der Waals surface area contributed by atoms with Crippen molar-refractivity contribution in [1.29, 1.82) is 0 Å². The number of fused-ring (bicyclic) bond motifs is 1. The lowest BCUT2D eigenvalue weighted by Gasteiger charge is -2.30. The van der Waals surface area contributed by atoms with Gasteiger partial charge in [0.15, 0.2) is 0 Å². The van der Waals surface area contributed by atoms with E-state index in [0.29, 0.717) is 17.8 Å². The Bertz CT molecular complexity index is 404. The molecule has 3 rings (SSSR count). The van der Waals surface area contributed by atoms with E-state index in [9.17, 15) is 0 Å². The van der Waals surface area contributed by atoms with Crippen molar-refractivity contribution < 1.29 is 4.74 Å². The molecule has 0 aliphatic heterocycles. The summed E-state index contributed by atoms with van der Waals surface area (Å²) in [4.78, 5) is 0. The van der Waals surface area contributed by atoms with E-state index < -0.39 is 0 Å². The van der Waals surface area contributed by atoms with Gasteiger partial charge in [-0.1, -0.05) is 30.7 Å². The molecule has 0 bridgehead atoms. The maximum atomic E-state index is 5.95. The summed E-state index contributed by atoms with van der Waals surface area (Å²) in [5.41, 5.74) is 8.81. The second-order valence-electron chi connectivity index (χ2n) is 5.82. The lowest BCUT2D eigenvalue weighted by Crippen LogP contribution is -2.26. The zero-order valence-electron chi connectivity index (χ0n) is 11.0. The fourth-order valence-corrected chi connectivity index (χ4v) is 3.52. The van der Waals surface area contributed by atoms with Crippen molar-refractivity contribution in [2.75, 3.05) is 19.8 Å². The van der Waals surface area contributed by atoms with Crippen molar-refractivity contribution in [2.24, 2.45) is 17.6 Å². The molecule has 0 saturated heterocycles. The van der Waals surface area contributed by atoms with E-state index in [1.165, 1.54) is 36.8 Å². The Labute approximate surface area is 110 Å². The molecule has 3 unspecified atom stereocenters. The SMILES string of the molecule is NCC1CCCC1COCC1Cc2ccccc21. The molecule has 0 radical (unpaired) electrons. The summed E-state index contributed by atoms with van der Waals surface area (Å²) in [7, 11) is 0. The summed E-state index contributed by atoms with van der Waals surface area (Å²) < 4.78 is 5.95. The molecule has 2 N–H and O–H groups in total. The molecule has 1 fully saturated rings. The second kappa shape index (κ2) is 5.41. The summed E-state index contributed by atoms with van der Waals surface area (Å²) in [6, 6.07) is 8.73. The van der Waals surface area contributed by atoms with Crippen LogP contribution in [0.1, 0.15) is 36.3 Å². The molecule has 0 spiro atoms. The van der Waals surface area contributed by atoms with Crippen molar-refractivity contribution >= 4 is 0 Å². The Morgan fingerprint density at radius 2 is 1.94 bits per heavy atom. The van der Waals surface area contributed by atoms with Gasteiger partial charge in [0.05, 0.1) is 6.61 Å². The number of hydrogen-bond acceptors (Lipinski definition) is 2. The number of nitrogens with two attached hydrogens (primary N) is 1. The summed E-state index contributed by atoms with van der Waals surface area (Å²) in [6.07, 6.45) is 5.14. The Balaban J connectivity index is 1.44. The lowest BCUT2D eigenvalue weighted by atomic mass is 9.78. The van der Waals surface area contributed by atoms with Crippen LogP contribution in [0.15, 0.2) is 24.3 Å². The van der Waals surface area contributed by atoms with Gasteiger partial charge in [-0.25, -0.2) is 0 Å². The molecule has 0 aromatic heterocycles. The van der Waals surface area contributed by atoms with E-state index >= 15 is 0 Å². The topological polar surface area (TPSA) is 35.2 Å². The van der Waals surface area contributed by atoms with Gasteiger partial charge in [0, 0.05) is 12.5 Å². The molecular weight excluding hydrogens is 222 g/mol. The third-order valence-corrected chi connectivity index (χ3v) is 4.73. The van der Waals surface area contributed by atoms with Crippen molar-refractivity contribution in [3.63, 3.8) is 0 Å². The van der Waals surface area contributed by atoms with Crippen LogP contribution >= 0.6 is 0 Å². The van der Waals surface area contributed by atoms with Crippen LogP contribution in [0.5, 0.6) is 0 Å². The van der Waals surface area contributed by atoms with Gasteiger partial charge >= 0.3 is 0 Å². The number of hydrogen-bond donors (Lipinski definition) is 1. The molecule has 0 amide bonds. The van der Waals surface area contributed by atoms with E-state index in [2.05, 4.69) is 24.3 Å². The van der Waals surface area contributed by atoms with Crippen LogP contribution in [0.2, 0.25) is 0 Å². The van der Waals surface area contributed by atoms with Gasteiger partial charge in [0.1, 0.15) is 0 Å². The maximum absolute atomic E-state index is 5.95. The average molecular weight is 245 g/mol. The minimum Gasteiger partial charge on any atom is -0.381 e. The largest absolute Gasteiger partial charge is 0.381 e. The fraction of sp³-hybridized carbons (Fsp3) is 0.625. The lowest BCUT2D eigenvalue weighted by molar-refractivity contribution is 0.0727. The molecule has 1 aromatic carbocycles. The first kappa shape index (κ1) is 12.2. The quantitative estimate of drug-likeness (QED) is 0.865. The number of rotatable bonds is 5. The maximum Gasteiger partial charge on any atom is 0.0538 e. The third kappa shape index (κ3) is 2.32. The van der Waals surface area contributed by atoms with Crippen LogP contribution in [0.4, 0.5) is 0 Å². The molecule has 2 heteroatoms. The Morgan fingerprint density at radius 3 is 2.78 bits per heavy atom. The minimum absolute atomic E-state index is 0.638. The van der Waals surface area contributed by atoms with Gasteiger partial charge in [-0.15, -0.1) is 0 Å². The molecule has 3 atom stereocenters. The van der Waals surface area contributed by atoms with Crippen molar-refractivity contribution in [3.05, 3.63) is 35.4 Å². The van der Waals surface area contributed by atoms with Gasteiger partial charge < -0.3 is 10.5 Å². The Kier molecular flexibility index (Phi) is 3.67. The highest BCUT2D eigenvalue weighted by Crippen LogP contribution is 2.36. The molecule has 1 saturated carbocycles. The molecule has 98 valence electrons. The van der Waals surface area contributed by atoms with Crippen LogP contribution in [0.3, 0.4) is 0 Å². The summed E-state index contributed by atoms with van der Waals surface area (Å²) in [6.45, 7) is 2.64. The first-order valence-electron chi connectivity index (χ1n) is 7.24. The molecule has 2 nitrogen and oxygen atoms in total. The summed E-state index contributed by atoms with van der Waals surface area (Å²) in [5, 5.41) is 0. The standard InChI is InChI=1S/C16H23NO/c17-9-13-5-3-6-14(13)10-18-11-15-8-12-4-1-2-7-16(12)15/h1-2,4,7,13-15H,3,5-6,8-11,17H2. The third-order valence-electron chi connectivity index (χ3n) is 4.73. The zero-order valence-corrected chi connectivity index (χ0v) is 11.0. The smallest absolute Gasteiger partial charge is 0.0538 e. The number of benzene rings is 1. The van der Waals surface area contributed by atoms with Gasteiger partial charge in [0.25, 0.3) is 0 Å². The van der Waals surface area contributed by atoms with E-state index in [4.69, 9.17) is 10.5 Å². The van der Waals surface area contributed by atoms with Crippen LogP contribution in [0, 0.1) is 11.8 Å². The monoisotopic (exact) mass is 245 g/mol. The average Bonchev–Trinajstić information content (AvgIpc) is 2.82. The van der Waals surface area contributed by atoms with Crippen molar-refractivity contribution in [1.82, 2.24) is 0 Å². The molecule has 1 aromatic rings. The highest BCUT2D eigenvalue weighted by molar-refractivity contribution is 5.39. The van der Waals surface area contributed by atoms with Crippen molar-refractivity contribution in [3.8, 4) is 0 Å². The van der Waals surface area contributed by atoms with Crippen molar-refractivity contribution in [2.45, 2.75) is 31.6 Å². The van der Waals surface area contributed by atoms with Crippen LogP contribution in [0.25, 0.3) is 0 Å². The van der Waals surface area contributed by atoms with Gasteiger partial charge in [-0.2, -0.15) is 0 Å². The fourth-order valence-electron chi connectivity index (χ4n) is 3.52. The first-order valence-corrected chi connectivity index (χ1v) is 7.24. The predicted molar refractivity (Wildman–Crippen MR) is 73.6 cm³/mol. The van der Waals surface area contributed by atoms with Gasteiger partial charge in [-0.3, -0.25) is 0 Å². The minimum atomic E-state index is 0.638. The van der Waals surface area contributed by atoms with Crippen LogP contribution in [-0.2, 0) is 11.2 Å². The zero-order chi connectivity index (χ0) is 12.4. The molecule has 2 aliphatic carbocycles. The molecular formula is C16H23NO.